The van der Waals surface area contributed by atoms with Crippen LogP contribution in [0.3, 0.4) is 0 Å². The Morgan fingerprint density at radius 1 is 1.22 bits per heavy atom. The second kappa shape index (κ2) is 5.81. The molecule has 0 atom stereocenters. The van der Waals surface area contributed by atoms with E-state index in [2.05, 4.69) is 15.4 Å². The maximum absolute atomic E-state index is 12.6. The third kappa shape index (κ3) is 2.93. The van der Waals surface area contributed by atoms with Crippen molar-refractivity contribution in [3.63, 3.8) is 0 Å². The van der Waals surface area contributed by atoms with Gasteiger partial charge in [-0.1, -0.05) is 36.4 Å². The molecule has 3 aromatic rings. The molecule has 3 N–H and O–H groups in total. The molecule has 0 fully saturated rings. The first-order chi connectivity index (χ1) is 11.0. The van der Waals surface area contributed by atoms with E-state index in [0.717, 1.165) is 11.1 Å². The normalized spacial score (nSPS) is 11.6. The first-order valence-corrected chi connectivity index (χ1v) is 7.43. The summed E-state index contributed by atoms with van der Waals surface area (Å²) in [6.07, 6.45) is 1.81. The van der Waals surface area contributed by atoms with Gasteiger partial charge >= 0.3 is 0 Å². The van der Waals surface area contributed by atoms with Crippen LogP contribution in [-0.4, -0.2) is 20.5 Å². The second-order valence-corrected chi connectivity index (χ2v) is 5.92. The Balaban J connectivity index is 1.85. The molecule has 0 unspecified atom stereocenters. The number of nitrogens with zero attached hydrogens (tertiary/aromatic N) is 3. The standard InChI is InChI=1S/C17H19N5O/c1-17(2,13-6-4-3-5-7-13)15(23)20-16-19-14-9-8-12(10-18)11-22(14)21-16/h3-9,11H,10,18H2,1-2H3,(H,20,21,23). The summed E-state index contributed by atoms with van der Waals surface area (Å²) in [6, 6.07) is 13.4. The summed E-state index contributed by atoms with van der Waals surface area (Å²) in [7, 11) is 0. The monoisotopic (exact) mass is 309 g/mol. The SMILES string of the molecule is CC(C)(C(=O)Nc1nc2ccc(CN)cn2n1)c1ccccc1. The van der Waals surface area contributed by atoms with Crippen LogP contribution >= 0.6 is 0 Å². The highest BCUT2D eigenvalue weighted by molar-refractivity contribution is 5.97. The molecule has 6 nitrogen and oxygen atoms in total. The highest BCUT2D eigenvalue weighted by Crippen LogP contribution is 2.24. The van der Waals surface area contributed by atoms with Crippen LogP contribution in [0.5, 0.6) is 0 Å². The topological polar surface area (TPSA) is 85.3 Å². The molecule has 23 heavy (non-hydrogen) atoms. The summed E-state index contributed by atoms with van der Waals surface area (Å²) in [6.45, 7) is 4.18. The summed E-state index contributed by atoms with van der Waals surface area (Å²) >= 11 is 0. The van der Waals surface area contributed by atoms with Gasteiger partial charge in [-0.25, -0.2) is 4.52 Å². The zero-order valence-corrected chi connectivity index (χ0v) is 13.2. The van der Waals surface area contributed by atoms with Crippen LogP contribution in [0.15, 0.2) is 48.7 Å². The van der Waals surface area contributed by atoms with E-state index in [-0.39, 0.29) is 11.9 Å². The lowest BCUT2D eigenvalue weighted by Crippen LogP contribution is -2.35. The average Bonchev–Trinajstić information content (AvgIpc) is 2.96. The molecule has 2 aromatic heterocycles. The van der Waals surface area contributed by atoms with Gasteiger partial charge in [-0.2, -0.15) is 4.98 Å². The molecule has 0 bridgehead atoms. The van der Waals surface area contributed by atoms with Crippen LogP contribution in [-0.2, 0) is 16.8 Å². The molecule has 1 aromatic carbocycles. The molecule has 0 aliphatic rings. The zero-order chi connectivity index (χ0) is 16.4. The number of fused-ring (bicyclic) bond motifs is 1. The van der Waals surface area contributed by atoms with Crippen LogP contribution in [0.4, 0.5) is 5.95 Å². The molecule has 0 aliphatic heterocycles. The molecule has 6 heteroatoms. The van der Waals surface area contributed by atoms with Crippen molar-refractivity contribution in [2.24, 2.45) is 5.73 Å². The van der Waals surface area contributed by atoms with Crippen molar-refractivity contribution in [2.75, 3.05) is 5.32 Å². The lowest BCUT2D eigenvalue weighted by Gasteiger charge is -2.23. The Morgan fingerprint density at radius 2 is 1.96 bits per heavy atom. The predicted molar refractivity (Wildman–Crippen MR) is 89.0 cm³/mol. The first kappa shape index (κ1) is 15.2. The zero-order valence-electron chi connectivity index (χ0n) is 13.2. The predicted octanol–water partition coefficient (Wildman–Crippen LogP) is 2.10. The lowest BCUT2D eigenvalue weighted by atomic mass is 9.84. The molecule has 0 aliphatic carbocycles. The average molecular weight is 309 g/mol. The van der Waals surface area contributed by atoms with E-state index in [1.165, 1.54) is 0 Å². The fourth-order valence-electron chi connectivity index (χ4n) is 2.34. The van der Waals surface area contributed by atoms with Crippen LogP contribution < -0.4 is 11.1 Å². The molecule has 0 saturated heterocycles. The minimum absolute atomic E-state index is 0.154. The molecule has 1 amide bonds. The molecular formula is C17H19N5O. The summed E-state index contributed by atoms with van der Waals surface area (Å²) in [5.74, 6) is 0.131. The van der Waals surface area contributed by atoms with Crippen LogP contribution in [0.2, 0.25) is 0 Å². The Labute approximate surface area is 134 Å². The van der Waals surface area contributed by atoms with Gasteiger partial charge in [0.05, 0.1) is 5.41 Å². The third-order valence-electron chi connectivity index (χ3n) is 3.92. The smallest absolute Gasteiger partial charge is 0.249 e. The number of benzene rings is 1. The number of pyridine rings is 1. The molecule has 0 saturated carbocycles. The van der Waals surface area contributed by atoms with Gasteiger partial charge in [-0.05, 0) is 31.0 Å². The summed E-state index contributed by atoms with van der Waals surface area (Å²) in [5.41, 5.74) is 7.49. The third-order valence-corrected chi connectivity index (χ3v) is 3.92. The van der Waals surface area contributed by atoms with Crippen LogP contribution in [0.25, 0.3) is 5.65 Å². The summed E-state index contributed by atoms with van der Waals surface area (Å²) in [5, 5.41) is 7.08. The Kier molecular flexibility index (Phi) is 3.83. The number of hydrogen-bond donors (Lipinski definition) is 2. The Morgan fingerprint density at radius 3 is 2.65 bits per heavy atom. The number of hydrogen-bond acceptors (Lipinski definition) is 4. The maximum atomic E-state index is 12.6. The molecule has 118 valence electrons. The van der Waals surface area contributed by atoms with E-state index >= 15 is 0 Å². The molecule has 2 heterocycles. The van der Waals surface area contributed by atoms with E-state index in [1.54, 1.807) is 10.7 Å². The fourth-order valence-corrected chi connectivity index (χ4v) is 2.34. The maximum Gasteiger partial charge on any atom is 0.249 e. The number of carbonyl (C=O) groups excluding carboxylic acids is 1. The lowest BCUT2D eigenvalue weighted by molar-refractivity contribution is -0.120. The van der Waals surface area contributed by atoms with Gasteiger partial charge in [0.1, 0.15) is 0 Å². The van der Waals surface area contributed by atoms with Gasteiger partial charge in [0.15, 0.2) is 5.65 Å². The van der Waals surface area contributed by atoms with Crippen LogP contribution in [0.1, 0.15) is 25.0 Å². The summed E-state index contributed by atoms with van der Waals surface area (Å²) < 4.78 is 1.62. The van der Waals surface area contributed by atoms with Crippen molar-refractivity contribution in [1.82, 2.24) is 14.6 Å². The largest absolute Gasteiger partial charge is 0.326 e. The number of aromatic nitrogens is 3. The van der Waals surface area contributed by atoms with E-state index < -0.39 is 5.41 Å². The molecular weight excluding hydrogens is 290 g/mol. The minimum atomic E-state index is -0.679. The van der Waals surface area contributed by atoms with E-state index in [0.29, 0.717) is 12.2 Å². The Bertz CT molecular complexity index is 839. The Hall–Kier alpha value is -2.73. The van der Waals surface area contributed by atoms with Crippen molar-refractivity contribution in [3.05, 3.63) is 59.8 Å². The van der Waals surface area contributed by atoms with Crippen molar-refractivity contribution < 1.29 is 4.79 Å². The van der Waals surface area contributed by atoms with Gasteiger partial charge < -0.3 is 5.73 Å². The van der Waals surface area contributed by atoms with Gasteiger partial charge in [-0.15, -0.1) is 5.10 Å². The van der Waals surface area contributed by atoms with E-state index in [9.17, 15) is 4.79 Å². The number of rotatable bonds is 4. The number of nitrogens with two attached hydrogens (primary N) is 1. The number of anilines is 1. The van der Waals surface area contributed by atoms with E-state index in [4.69, 9.17) is 5.73 Å². The number of carbonyl (C=O) groups is 1. The van der Waals surface area contributed by atoms with Gasteiger partial charge in [0.25, 0.3) is 0 Å². The van der Waals surface area contributed by atoms with Crippen LogP contribution in [0, 0.1) is 0 Å². The highest BCUT2D eigenvalue weighted by Gasteiger charge is 2.30. The molecule has 0 radical (unpaired) electrons. The summed E-state index contributed by atoms with van der Waals surface area (Å²) in [4.78, 5) is 16.9. The highest BCUT2D eigenvalue weighted by atomic mass is 16.2. The van der Waals surface area contributed by atoms with Crippen molar-refractivity contribution >= 4 is 17.5 Å². The first-order valence-electron chi connectivity index (χ1n) is 7.43. The van der Waals surface area contributed by atoms with E-state index in [1.807, 2.05) is 56.3 Å². The molecule has 0 spiro atoms. The molecule has 3 rings (SSSR count). The van der Waals surface area contributed by atoms with Crippen molar-refractivity contribution in [3.8, 4) is 0 Å². The van der Waals surface area contributed by atoms with Crippen molar-refractivity contribution in [1.29, 1.82) is 0 Å². The van der Waals surface area contributed by atoms with Gasteiger partial charge in [-0.3, -0.25) is 10.1 Å². The van der Waals surface area contributed by atoms with Crippen molar-refractivity contribution in [2.45, 2.75) is 25.8 Å². The fraction of sp³-hybridized carbons (Fsp3) is 0.235. The number of nitrogens with one attached hydrogen (secondary N) is 1. The van der Waals surface area contributed by atoms with Gasteiger partial charge in [0.2, 0.25) is 11.9 Å². The second-order valence-electron chi connectivity index (χ2n) is 5.92. The quantitative estimate of drug-likeness (QED) is 0.773. The number of amides is 1. The minimum Gasteiger partial charge on any atom is -0.326 e. The van der Waals surface area contributed by atoms with Gasteiger partial charge in [0, 0.05) is 12.7 Å².